The van der Waals surface area contributed by atoms with E-state index in [9.17, 15) is 8.42 Å². The molecule has 1 aliphatic rings. The summed E-state index contributed by atoms with van der Waals surface area (Å²) in [4.78, 5) is 0. The maximum atomic E-state index is 13.3. The molecule has 43 heavy (non-hydrogen) atoms. The highest BCUT2D eigenvalue weighted by atomic mass is 32.2. The number of hydrogen-bond acceptors (Lipinski definition) is 4. The van der Waals surface area contributed by atoms with Gasteiger partial charge in [0, 0.05) is 21.5 Å². The van der Waals surface area contributed by atoms with Gasteiger partial charge < -0.3 is 8.83 Å². The maximum absolute atomic E-state index is 13.3. The highest BCUT2D eigenvalue weighted by Gasteiger charge is 2.25. The van der Waals surface area contributed by atoms with Gasteiger partial charge in [0.25, 0.3) is 0 Å². The third-order valence-corrected chi connectivity index (χ3v) is 10.2. The molecule has 4 nitrogen and oxygen atoms in total. The van der Waals surface area contributed by atoms with E-state index in [1.807, 2.05) is 72.8 Å². The summed E-state index contributed by atoms with van der Waals surface area (Å²) < 4.78 is 38.9. The molecule has 0 radical (unpaired) electrons. The van der Waals surface area contributed by atoms with Crippen molar-refractivity contribution in [1.82, 2.24) is 0 Å². The standard InChI is InChI=1S/C38H24O4S/c39-43(40)21-26-13-12-25(29-8-5-11-36-38(29)32-7-2-4-10-35(32)41-36)19-33(26)28-16-14-23(18-27(28)22-43)24-15-17-31-30-6-1-3-9-34(30)42-37(31)20-24/h1-20H,21-22H2. The second kappa shape index (κ2) is 8.93. The molecule has 1 aliphatic heterocycles. The summed E-state index contributed by atoms with van der Waals surface area (Å²) >= 11 is 0. The molecular weight excluding hydrogens is 552 g/mol. The van der Waals surface area contributed by atoms with Gasteiger partial charge in [0.2, 0.25) is 0 Å². The Morgan fingerprint density at radius 1 is 0.442 bits per heavy atom. The van der Waals surface area contributed by atoms with Crippen LogP contribution in [-0.4, -0.2) is 8.42 Å². The van der Waals surface area contributed by atoms with E-state index >= 15 is 0 Å². The van der Waals surface area contributed by atoms with Gasteiger partial charge in [-0.05, 0) is 87.0 Å². The van der Waals surface area contributed by atoms with Gasteiger partial charge in [0.15, 0.2) is 9.84 Å². The molecule has 0 bridgehead atoms. The number of hydrogen-bond donors (Lipinski definition) is 0. The molecule has 3 heterocycles. The Balaban J connectivity index is 1.21. The van der Waals surface area contributed by atoms with E-state index in [0.717, 1.165) is 88.4 Å². The van der Waals surface area contributed by atoms with Crippen molar-refractivity contribution in [1.29, 1.82) is 0 Å². The molecule has 0 N–H and O–H groups in total. The molecule has 206 valence electrons. The molecule has 5 heteroatoms. The van der Waals surface area contributed by atoms with Gasteiger partial charge in [0.05, 0.1) is 11.5 Å². The molecule has 2 aromatic heterocycles. The first kappa shape index (κ1) is 24.5. The first-order valence-electron chi connectivity index (χ1n) is 14.3. The minimum atomic E-state index is -3.36. The molecule has 8 aromatic rings. The van der Waals surface area contributed by atoms with Crippen LogP contribution in [0.15, 0.2) is 130 Å². The van der Waals surface area contributed by atoms with E-state index in [2.05, 4.69) is 48.5 Å². The summed E-state index contributed by atoms with van der Waals surface area (Å²) in [7, 11) is -3.36. The van der Waals surface area contributed by atoms with Crippen LogP contribution in [0.3, 0.4) is 0 Å². The second-order valence-corrected chi connectivity index (χ2v) is 13.4. The van der Waals surface area contributed by atoms with Crippen molar-refractivity contribution in [3.63, 3.8) is 0 Å². The third kappa shape index (κ3) is 3.85. The van der Waals surface area contributed by atoms with E-state index in [1.54, 1.807) is 0 Å². The number of fused-ring (bicyclic) bond motifs is 9. The second-order valence-electron chi connectivity index (χ2n) is 11.4. The van der Waals surface area contributed by atoms with Crippen LogP contribution in [0.4, 0.5) is 0 Å². The number of rotatable bonds is 2. The van der Waals surface area contributed by atoms with Crippen LogP contribution in [-0.2, 0) is 21.3 Å². The quantitative estimate of drug-likeness (QED) is 0.205. The summed E-state index contributed by atoms with van der Waals surface area (Å²) in [6.45, 7) is 0. The molecule has 0 saturated carbocycles. The number of benzene rings is 6. The average Bonchev–Trinajstić information content (AvgIpc) is 3.55. The molecule has 0 fully saturated rings. The molecule has 9 rings (SSSR count). The molecule has 0 spiro atoms. The van der Waals surface area contributed by atoms with Gasteiger partial charge in [0.1, 0.15) is 22.3 Å². The highest BCUT2D eigenvalue weighted by Crippen LogP contribution is 2.42. The van der Waals surface area contributed by atoms with Gasteiger partial charge in [-0.3, -0.25) is 0 Å². The summed E-state index contributed by atoms with van der Waals surface area (Å²) in [6, 6.07) is 40.8. The minimum absolute atomic E-state index is 0.00494. The Labute approximate surface area is 247 Å². The van der Waals surface area contributed by atoms with Crippen LogP contribution in [0, 0.1) is 0 Å². The smallest absolute Gasteiger partial charge is 0.158 e. The lowest BCUT2D eigenvalue weighted by Gasteiger charge is -2.13. The fourth-order valence-corrected chi connectivity index (χ4v) is 8.26. The molecule has 6 aromatic carbocycles. The lowest BCUT2D eigenvalue weighted by atomic mass is 9.90. The highest BCUT2D eigenvalue weighted by molar-refractivity contribution is 7.89. The van der Waals surface area contributed by atoms with Crippen LogP contribution >= 0.6 is 0 Å². The van der Waals surface area contributed by atoms with Gasteiger partial charge in [-0.2, -0.15) is 0 Å². The first-order valence-corrected chi connectivity index (χ1v) is 16.1. The van der Waals surface area contributed by atoms with Crippen LogP contribution < -0.4 is 0 Å². The largest absolute Gasteiger partial charge is 0.456 e. The molecule has 0 aliphatic carbocycles. The zero-order valence-electron chi connectivity index (χ0n) is 23.0. The van der Waals surface area contributed by atoms with Crippen molar-refractivity contribution in [2.75, 3.05) is 0 Å². The van der Waals surface area contributed by atoms with Crippen molar-refractivity contribution in [3.8, 4) is 33.4 Å². The summed E-state index contributed by atoms with van der Waals surface area (Å²) in [5.41, 5.74) is 10.9. The third-order valence-electron chi connectivity index (χ3n) is 8.68. The minimum Gasteiger partial charge on any atom is -0.456 e. The van der Waals surface area contributed by atoms with Crippen molar-refractivity contribution < 1.29 is 17.3 Å². The van der Waals surface area contributed by atoms with Gasteiger partial charge in [-0.15, -0.1) is 0 Å². The molecular formula is C38H24O4S. The van der Waals surface area contributed by atoms with E-state index in [0.29, 0.717) is 0 Å². The van der Waals surface area contributed by atoms with Crippen LogP contribution in [0.2, 0.25) is 0 Å². The molecule has 0 unspecified atom stereocenters. The summed E-state index contributed by atoms with van der Waals surface area (Å²) in [5, 5.41) is 4.29. The Hall–Kier alpha value is -5.13. The zero-order valence-corrected chi connectivity index (χ0v) is 23.8. The predicted molar refractivity (Wildman–Crippen MR) is 174 cm³/mol. The summed E-state index contributed by atoms with van der Waals surface area (Å²) in [6.07, 6.45) is 0. The molecule has 0 amide bonds. The van der Waals surface area contributed by atoms with Gasteiger partial charge in [-0.25, -0.2) is 8.42 Å². The predicted octanol–water partition coefficient (Wildman–Crippen LogP) is 9.91. The molecule has 0 atom stereocenters. The van der Waals surface area contributed by atoms with E-state index in [1.165, 1.54) is 0 Å². The fourth-order valence-electron chi connectivity index (χ4n) is 6.72. The van der Waals surface area contributed by atoms with Crippen molar-refractivity contribution in [2.24, 2.45) is 0 Å². The Kier molecular flexibility index (Phi) is 5.08. The van der Waals surface area contributed by atoms with Gasteiger partial charge >= 0.3 is 0 Å². The topological polar surface area (TPSA) is 60.4 Å². The SMILES string of the molecule is O=S1(=O)Cc2cc(-c3ccc4c(c3)oc3ccccc34)ccc2-c2cc(-c3cccc4oc5ccccc5c34)ccc2C1. The van der Waals surface area contributed by atoms with Gasteiger partial charge in [-0.1, -0.05) is 78.9 Å². The van der Waals surface area contributed by atoms with E-state index < -0.39 is 9.84 Å². The van der Waals surface area contributed by atoms with Crippen LogP contribution in [0.5, 0.6) is 0 Å². The number of furan rings is 2. The average molecular weight is 577 g/mol. The monoisotopic (exact) mass is 576 g/mol. The lowest BCUT2D eigenvalue weighted by Crippen LogP contribution is -2.05. The number of sulfone groups is 1. The fraction of sp³-hybridized carbons (Fsp3) is 0.0526. The summed E-state index contributed by atoms with van der Waals surface area (Å²) in [5.74, 6) is 0.00539. The van der Waals surface area contributed by atoms with Crippen LogP contribution in [0.25, 0.3) is 77.3 Å². The number of para-hydroxylation sites is 2. The lowest BCUT2D eigenvalue weighted by molar-refractivity contribution is 0.595. The Morgan fingerprint density at radius 3 is 1.98 bits per heavy atom. The van der Waals surface area contributed by atoms with Crippen molar-refractivity contribution in [3.05, 3.63) is 132 Å². The zero-order chi connectivity index (χ0) is 28.7. The normalized spacial score (nSPS) is 14.2. The van der Waals surface area contributed by atoms with E-state index in [-0.39, 0.29) is 11.5 Å². The van der Waals surface area contributed by atoms with Crippen LogP contribution in [0.1, 0.15) is 11.1 Å². The van der Waals surface area contributed by atoms with Crippen molar-refractivity contribution >= 4 is 53.7 Å². The first-order chi connectivity index (χ1) is 21.0. The molecule has 0 saturated heterocycles. The maximum Gasteiger partial charge on any atom is 0.158 e. The van der Waals surface area contributed by atoms with E-state index in [4.69, 9.17) is 8.83 Å². The van der Waals surface area contributed by atoms with Crippen molar-refractivity contribution in [2.45, 2.75) is 11.5 Å². The Morgan fingerprint density at radius 2 is 1.09 bits per heavy atom. The Bertz CT molecular complexity index is 2530.